The van der Waals surface area contributed by atoms with Gasteiger partial charge in [-0.25, -0.2) is 8.42 Å². The van der Waals surface area contributed by atoms with Gasteiger partial charge in [0.2, 0.25) is 15.9 Å². The second-order valence-corrected chi connectivity index (χ2v) is 9.96. The molecule has 1 aliphatic rings. The molecule has 0 unspecified atom stereocenters. The second-order valence-electron chi connectivity index (χ2n) is 7.11. The third-order valence-electron chi connectivity index (χ3n) is 5.33. The topological polar surface area (TPSA) is 71.9 Å². The molecule has 0 bridgehead atoms. The average Bonchev–Trinajstić information content (AvgIpc) is 3.15. The van der Waals surface area contributed by atoms with Crippen molar-refractivity contribution in [3.8, 4) is 5.75 Å². The molecule has 2 heterocycles. The predicted octanol–water partition coefficient (Wildman–Crippen LogP) is 2.95. The summed E-state index contributed by atoms with van der Waals surface area (Å²) >= 11 is 3.46. The SMILES string of the molecule is COc1ccc(S(=O)(=O)N2CCN(C(=O)Cn3ccc4cc(Br)ccc43)CC2)cc1. The third kappa shape index (κ3) is 4.10. The number of nitrogens with zero attached hydrogens (tertiary/aromatic N) is 3. The Balaban J connectivity index is 1.40. The molecule has 0 N–H and O–H groups in total. The minimum Gasteiger partial charge on any atom is -0.497 e. The van der Waals surface area contributed by atoms with Crippen molar-refractivity contribution in [1.82, 2.24) is 13.8 Å². The van der Waals surface area contributed by atoms with Gasteiger partial charge in [-0.15, -0.1) is 0 Å². The van der Waals surface area contributed by atoms with Crippen molar-refractivity contribution in [1.29, 1.82) is 0 Å². The molecule has 1 aliphatic heterocycles. The van der Waals surface area contributed by atoms with Crippen molar-refractivity contribution < 1.29 is 17.9 Å². The number of hydrogen-bond acceptors (Lipinski definition) is 4. The summed E-state index contributed by atoms with van der Waals surface area (Å²) in [5.41, 5.74) is 0.993. The van der Waals surface area contributed by atoms with Crippen LogP contribution < -0.4 is 4.74 Å². The minimum absolute atomic E-state index is 0.0167. The molecule has 0 spiro atoms. The number of halogens is 1. The third-order valence-corrected chi connectivity index (χ3v) is 7.73. The summed E-state index contributed by atoms with van der Waals surface area (Å²) in [6, 6.07) is 14.3. The van der Waals surface area contributed by atoms with Gasteiger partial charge in [0, 0.05) is 47.8 Å². The van der Waals surface area contributed by atoms with Gasteiger partial charge in [-0.2, -0.15) is 4.31 Å². The number of carbonyl (C=O) groups is 1. The Kier molecular flexibility index (Phi) is 5.86. The van der Waals surface area contributed by atoms with E-state index in [1.54, 1.807) is 29.2 Å². The van der Waals surface area contributed by atoms with E-state index in [1.165, 1.54) is 11.4 Å². The summed E-state index contributed by atoms with van der Waals surface area (Å²) in [7, 11) is -2.05. The fraction of sp³-hybridized carbons (Fsp3) is 0.286. The molecular formula is C21H22BrN3O4S. The number of piperazine rings is 1. The number of carbonyl (C=O) groups excluding carboxylic acids is 1. The van der Waals surface area contributed by atoms with Crippen LogP contribution in [0.15, 0.2) is 64.1 Å². The molecule has 3 aromatic rings. The van der Waals surface area contributed by atoms with E-state index in [1.807, 2.05) is 35.0 Å². The Morgan fingerprint density at radius 2 is 1.73 bits per heavy atom. The molecule has 0 atom stereocenters. The van der Waals surface area contributed by atoms with Crippen LogP contribution in [0.1, 0.15) is 0 Å². The first-order chi connectivity index (χ1) is 14.4. The van der Waals surface area contributed by atoms with Crippen LogP contribution in [0.25, 0.3) is 10.9 Å². The van der Waals surface area contributed by atoms with E-state index in [0.29, 0.717) is 18.8 Å². The molecule has 2 aromatic carbocycles. The number of fused-ring (bicyclic) bond motifs is 1. The highest BCUT2D eigenvalue weighted by Gasteiger charge is 2.30. The second kappa shape index (κ2) is 8.41. The van der Waals surface area contributed by atoms with Gasteiger partial charge >= 0.3 is 0 Å². The van der Waals surface area contributed by atoms with Crippen LogP contribution in [-0.2, 0) is 21.4 Å². The first-order valence-corrected chi connectivity index (χ1v) is 11.8. The van der Waals surface area contributed by atoms with Gasteiger partial charge in [0.15, 0.2) is 0 Å². The fourth-order valence-electron chi connectivity index (χ4n) is 3.63. The van der Waals surface area contributed by atoms with Crippen LogP contribution in [0.5, 0.6) is 5.75 Å². The normalized spacial score (nSPS) is 15.5. The Morgan fingerprint density at radius 1 is 1.03 bits per heavy atom. The minimum atomic E-state index is -3.59. The summed E-state index contributed by atoms with van der Waals surface area (Å²) in [4.78, 5) is 14.7. The first-order valence-electron chi connectivity index (χ1n) is 9.55. The lowest BCUT2D eigenvalue weighted by atomic mass is 10.2. The Morgan fingerprint density at radius 3 is 2.40 bits per heavy atom. The van der Waals surface area contributed by atoms with E-state index in [4.69, 9.17) is 4.74 Å². The summed E-state index contributed by atoms with van der Waals surface area (Å²) < 4.78 is 35.2. The first kappa shape index (κ1) is 20.9. The van der Waals surface area contributed by atoms with E-state index in [-0.39, 0.29) is 30.4 Å². The number of methoxy groups -OCH3 is 1. The average molecular weight is 492 g/mol. The molecular weight excluding hydrogens is 470 g/mol. The number of aromatic nitrogens is 1. The van der Waals surface area contributed by atoms with Crippen molar-refractivity contribution in [3.63, 3.8) is 0 Å². The van der Waals surface area contributed by atoms with E-state index in [2.05, 4.69) is 15.9 Å². The van der Waals surface area contributed by atoms with E-state index < -0.39 is 10.0 Å². The van der Waals surface area contributed by atoms with Crippen molar-refractivity contribution in [2.75, 3.05) is 33.3 Å². The highest BCUT2D eigenvalue weighted by atomic mass is 79.9. The largest absolute Gasteiger partial charge is 0.497 e. The number of rotatable bonds is 5. The van der Waals surface area contributed by atoms with Crippen LogP contribution in [0.3, 0.4) is 0 Å². The Labute approximate surface area is 184 Å². The van der Waals surface area contributed by atoms with E-state index >= 15 is 0 Å². The quantitative estimate of drug-likeness (QED) is 0.549. The highest BCUT2D eigenvalue weighted by Crippen LogP contribution is 2.22. The standard InChI is InChI=1S/C21H22BrN3O4S/c1-29-18-3-5-19(6-4-18)30(27,28)25-12-10-23(11-13-25)21(26)15-24-9-8-16-14-17(22)2-7-20(16)24/h2-9,14H,10-13,15H2,1H3. The van der Waals surface area contributed by atoms with E-state index in [0.717, 1.165) is 15.4 Å². The molecule has 4 rings (SSSR count). The molecule has 0 aliphatic carbocycles. The molecule has 0 radical (unpaired) electrons. The maximum absolute atomic E-state index is 12.9. The lowest BCUT2D eigenvalue weighted by molar-refractivity contribution is -0.132. The van der Waals surface area contributed by atoms with Crippen LogP contribution in [0.4, 0.5) is 0 Å². The smallest absolute Gasteiger partial charge is 0.243 e. The maximum Gasteiger partial charge on any atom is 0.243 e. The predicted molar refractivity (Wildman–Crippen MR) is 118 cm³/mol. The highest BCUT2D eigenvalue weighted by molar-refractivity contribution is 9.10. The lowest BCUT2D eigenvalue weighted by Gasteiger charge is -2.34. The molecule has 1 amide bonds. The van der Waals surface area contributed by atoms with Crippen LogP contribution in [0, 0.1) is 0 Å². The van der Waals surface area contributed by atoms with Gasteiger partial charge in [0.05, 0.1) is 12.0 Å². The molecule has 7 nitrogen and oxygen atoms in total. The molecule has 158 valence electrons. The van der Waals surface area contributed by atoms with Crippen molar-refractivity contribution >= 4 is 42.8 Å². The number of ether oxygens (including phenoxy) is 1. The molecule has 9 heteroatoms. The van der Waals surface area contributed by atoms with Gasteiger partial charge in [-0.1, -0.05) is 15.9 Å². The van der Waals surface area contributed by atoms with Crippen LogP contribution in [-0.4, -0.2) is 61.4 Å². The summed E-state index contributed by atoms with van der Waals surface area (Å²) in [5, 5.41) is 1.06. The zero-order chi connectivity index (χ0) is 21.3. The fourth-order valence-corrected chi connectivity index (χ4v) is 5.43. The van der Waals surface area contributed by atoms with Gasteiger partial charge in [0.25, 0.3) is 0 Å². The maximum atomic E-state index is 12.9. The van der Waals surface area contributed by atoms with Gasteiger partial charge in [-0.3, -0.25) is 4.79 Å². The van der Waals surface area contributed by atoms with Crippen LogP contribution in [0.2, 0.25) is 0 Å². The summed E-state index contributed by atoms with van der Waals surface area (Å²) in [6.45, 7) is 1.53. The number of amides is 1. The molecule has 1 aromatic heterocycles. The van der Waals surface area contributed by atoms with Crippen molar-refractivity contribution in [3.05, 3.63) is 59.2 Å². The number of hydrogen-bond donors (Lipinski definition) is 0. The molecule has 1 fully saturated rings. The summed E-state index contributed by atoms with van der Waals surface area (Å²) in [6.07, 6.45) is 1.90. The van der Waals surface area contributed by atoms with Crippen molar-refractivity contribution in [2.45, 2.75) is 11.4 Å². The van der Waals surface area contributed by atoms with Gasteiger partial charge in [-0.05, 0) is 48.5 Å². The lowest BCUT2D eigenvalue weighted by Crippen LogP contribution is -2.51. The molecule has 0 saturated carbocycles. The Hall–Kier alpha value is -2.36. The van der Waals surface area contributed by atoms with Crippen LogP contribution >= 0.6 is 15.9 Å². The molecule has 30 heavy (non-hydrogen) atoms. The zero-order valence-corrected chi connectivity index (χ0v) is 18.9. The summed E-state index contributed by atoms with van der Waals surface area (Å²) in [5.74, 6) is 0.589. The van der Waals surface area contributed by atoms with Gasteiger partial charge in [0.1, 0.15) is 12.3 Å². The number of benzene rings is 2. The Bertz CT molecular complexity index is 1170. The van der Waals surface area contributed by atoms with E-state index in [9.17, 15) is 13.2 Å². The monoisotopic (exact) mass is 491 g/mol. The van der Waals surface area contributed by atoms with Gasteiger partial charge < -0.3 is 14.2 Å². The molecule has 1 saturated heterocycles. The number of sulfonamides is 1. The van der Waals surface area contributed by atoms with Crippen molar-refractivity contribution in [2.24, 2.45) is 0 Å². The zero-order valence-electron chi connectivity index (χ0n) is 16.5.